The zero-order valence-corrected chi connectivity index (χ0v) is 18.9. The third-order valence-corrected chi connectivity index (χ3v) is 4.96. The van der Waals surface area contributed by atoms with Crippen molar-refractivity contribution in [2.24, 2.45) is 0 Å². The van der Waals surface area contributed by atoms with Gasteiger partial charge in [-0.1, -0.05) is 36.4 Å². The number of anilines is 3. The Morgan fingerprint density at radius 1 is 1.03 bits per heavy atom. The summed E-state index contributed by atoms with van der Waals surface area (Å²) in [7, 11) is 0. The van der Waals surface area contributed by atoms with Gasteiger partial charge in [-0.2, -0.15) is 13.2 Å². The number of rotatable bonds is 9. The highest BCUT2D eigenvalue weighted by Crippen LogP contribution is 2.28. The van der Waals surface area contributed by atoms with Crippen LogP contribution in [0.1, 0.15) is 22.9 Å². The minimum atomic E-state index is -4.58. The van der Waals surface area contributed by atoms with Crippen LogP contribution in [0.4, 0.5) is 30.2 Å². The quantitative estimate of drug-likeness (QED) is 0.226. The summed E-state index contributed by atoms with van der Waals surface area (Å²) in [5, 5.41) is 17.2. The normalized spacial score (nSPS) is 12.3. The first kappa shape index (κ1) is 26.4. The number of alkyl halides is 3. The van der Waals surface area contributed by atoms with Gasteiger partial charge in [0.05, 0.1) is 29.9 Å². The molecule has 1 aromatic heterocycles. The second kappa shape index (κ2) is 12.0. The van der Waals surface area contributed by atoms with Crippen molar-refractivity contribution < 1.29 is 27.9 Å². The number of benzene rings is 2. The number of nitrogens with one attached hydrogen (secondary N) is 3. The van der Waals surface area contributed by atoms with E-state index in [0.29, 0.717) is 22.5 Å². The van der Waals surface area contributed by atoms with Crippen molar-refractivity contribution in [3.8, 4) is 0 Å². The summed E-state index contributed by atoms with van der Waals surface area (Å²) in [6.45, 7) is -0.124. The second-order valence-corrected chi connectivity index (χ2v) is 7.61. The van der Waals surface area contributed by atoms with E-state index >= 15 is 0 Å². The zero-order valence-electron chi connectivity index (χ0n) is 18.9. The fourth-order valence-corrected chi connectivity index (χ4v) is 3.18. The molecule has 11 heteroatoms. The number of carbonyl (C=O) groups excluding carboxylic acids is 2. The molecule has 0 saturated carbocycles. The number of nitrogens with two attached hydrogens (primary N) is 1. The van der Waals surface area contributed by atoms with Crippen LogP contribution in [0, 0.1) is 0 Å². The molecule has 2 amide bonds. The number of hydrogen-bond donors (Lipinski definition) is 5. The van der Waals surface area contributed by atoms with Crippen molar-refractivity contribution in [1.82, 2.24) is 10.3 Å². The Balaban J connectivity index is 1.67. The molecule has 0 aliphatic carbocycles. The smallest absolute Gasteiger partial charge is 0.397 e. The first-order valence-electron chi connectivity index (χ1n) is 10.8. The molecule has 1 atom stereocenters. The average molecular weight is 499 g/mol. The van der Waals surface area contributed by atoms with Gasteiger partial charge in [-0.25, -0.2) is 4.98 Å². The van der Waals surface area contributed by atoms with Crippen molar-refractivity contribution in [3.05, 3.63) is 89.8 Å². The molecular weight excluding hydrogens is 475 g/mol. The number of nitrogens with zero attached hydrogens (tertiary/aromatic N) is 1. The first-order valence-corrected chi connectivity index (χ1v) is 10.8. The van der Waals surface area contributed by atoms with Crippen LogP contribution in [0.2, 0.25) is 0 Å². The number of pyridine rings is 1. The molecule has 0 fully saturated rings. The third kappa shape index (κ3) is 7.39. The van der Waals surface area contributed by atoms with Gasteiger partial charge in [0.2, 0.25) is 11.8 Å². The molecule has 0 spiro atoms. The molecule has 1 heterocycles. The highest BCUT2D eigenvalue weighted by atomic mass is 19.4. The van der Waals surface area contributed by atoms with Crippen molar-refractivity contribution >= 4 is 35.0 Å². The average Bonchev–Trinajstić information content (AvgIpc) is 2.85. The van der Waals surface area contributed by atoms with Gasteiger partial charge in [0, 0.05) is 12.6 Å². The Kier molecular flexibility index (Phi) is 8.76. The monoisotopic (exact) mass is 499 g/mol. The Labute approximate surface area is 205 Å². The fourth-order valence-electron chi connectivity index (χ4n) is 3.18. The molecule has 0 saturated heterocycles. The molecule has 3 aromatic rings. The maximum Gasteiger partial charge on any atom is 0.433 e. The van der Waals surface area contributed by atoms with E-state index < -0.39 is 23.8 Å². The zero-order chi connectivity index (χ0) is 26.1. The lowest BCUT2D eigenvalue weighted by Gasteiger charge is -2.19. The Bertz CT molecular complexity index is 1210. The highest BCUT2D eigenvalue weighted by Gasteiger charge is 2.32. The van der Waals surface area contributed by atoms with Gasteiger partial charge in [-0.15, -0.1) is 0 Å². The van der Waals surface area contributed by atoms with Crippen LogP contribution < -0.4 is 21.7 Å². The first-order chi connectivity index (χ1) is 17.2. The molecular formula is C25H24F3N5O3. The Morgan fingerprint density at radius 2 is 1.75 bits per heavy atom. The van der Waals surface area contributed by atoms with Crippen LogP contribution in [0.25, 0.3) is 6.08 Å². The molecule has 0 aliphatic heterocycles. The van der Waals surface area contributed by atoms with Crippen molar-refractivity contribution in [2.45, 2.75) is 12.2 Å². The van der Waals surface area contributed by atoms with E-state index in [1.807, 2.05) is 0 Å². The number of halogens is 3. The minimum absolute atomic E-state index is 0.0911. The van der Waals surface area contributed by atoms with Gasteiger partial charge >= 0.3 is 6.18 Å². The lowest BCUT2D eigenvalue weighted by molar-refractivity contribution is -0.141. The largest absolute Gasteiger partial charge is 0.433 e. The van der Waals surface area contributed by atoms with Crippen LogP contribution in [0.3, 0.4) is 0 Å². The van der Waals surface area contributed by atoms with Gasteiger partial charge in [-0.05, 0) is 41.5 Å². The molecule has 8 nitrogen and oxygen atoms in total. The van der Waals surface area contributed by atoms with Crippen molar-refractivity contribution in [1.29, 1.82) is 0 Å². The Hall–Kier alpha value is -4.22. The van der Waals surface area contributed by atoms with Crippen LogP contribution in [0.5, 0.6) is 0 Å². The summed E-state index contributed by atoms with van der Waals surface area (Å²) < 4.78 is 38.1. The van der Waals surface area contributed by atoms with Gasteiger partial charge < -0.3 is 21.5 Å². The van der Waals surface area contributed by atoms with Crippen LogP contribution in [-0.2, 0) is 15.8 Å². The standard InChI is InChI=1S/C25H24F3N5O3/c26-25(27,28)21-11-10-18(15-31-21)32-24(36)23(30-13-14-34)17-8-5-16(6-9-17)7-12-22(35)33-20-4-2-1-3-19(20)29/h1-12,15,23,30,34H,13-14,29H2,(H,32,36)(H,33,35). The topological polar surface area (TPSA) is 129 Å². The predicted molar refractivity (Wildman–Crippen MR) is 131 cm³/mol. The van der Waals surface area contributed by atoms with E-state index in [4.69, 9.17) is 10.8 Å². The molecule has 0 bridgehead atoms. The number of amides is 2. The van der Waals surface area contributed by atoms with E-state index in [2.05, 4.69) is 20.9 Å². The maximum absolute atomic E-state index is 12.8. The number of aliphatic hydroxyl groups is 1. The van der Waals surface area contributed by atoms with Gasteiger partial charge in [-0.3, -0.25) is 14.9 Å². The van der Waals surface area contributed by atoms with Crippen LogP contribution in [-0.4, -0.2) is 35.1 Å². The molecule has 2 aromatic carbocycles. The summed E-state index contributed by atoms with van der Waals surface area (Å²) in [6.07, 6.45) is -0.735. The van der Waals surface area contributed by atoms with E-state index in [9.17, 15) is 22.8 Å². The van der Waals surface area contributed by atoms with E-state index in [1.165, 1.54) is 6.08 Å². The number of para-hydroxylation sites is 2. The van der Waals surface area contributed by atoms with E-state index in [1.54, 1.807) is 54.6 Å². The summed E-state index contributed by atoms with van der Waals surface area (Å²) in [5.41, 5.74) is 6.99. The highest BCUT2D eigenvalue weighted by molar-refractivity contribution is 6.03. The number of aromatic nitrogens is 1. The second-order valence-electron chi connectivity index (χ2n) is 7.61. The summed E-state index contributed by atoms with van der Waals surface area (Å²) >= 11 is 0. The molecule has 0 aliphatic rings. The third-order valence-electron chi connectivity index (χ3n) is 4.96. The predicted octanol–water partition coefficient (Wildman–Crippen LogP) is 3.60. The van der Waals surface area contributed by atoms with Crippen molar-refractivity contribution in [2.75, 3.05) is 29.5 Å². The lowest BCUT2D eigenvalue weighted by atomic mass is 10.0. The summed E-state index contributed by atoms with van der Waals surface area (Å²) in [6, 6.07) is 14.5. The number of carbonyl (C=O) groups is 2. The van der Waals surface area contributed by atoms with Crippen LogP contribution in [0.15, 0.2) is 72.9 Å². The van der Waals surface area contributed by atoms with Crippen LogP contribution >= 0.6 is 0 Å². The number of hydrogen-bond acceptors (Lipinski definition) is 6. The molecule has 0 radical (unpaired) electrons. The molecule has 6 N–H and O–H groups in total. The fraction of sp³-hybridized carbons (Fsp3) is 0.160. The molecule has 36 heavy (non-hydrogen) atoms. The van der Waals surface area contributed by atoms with Gasteiger partial charge in [0.15, 0.2) is 0 Å². The van der Waals surface area contributed by atoms with E-state index in [0.717, 1.165) is 18.3 Å². The minimum Gasteiger partial charge on any atom is -0.397 e. The summed E-state index contributed by atoms with van der Waals surface area (Å²) in [5.74, 6) is -0.919. The SMILES string of the molecule is Nc1ccccc1NC(=O)C=Cc1ccc(C(NCCO)C(=O)Nc2ccc(C(F)(F)F)nc2)cc1. The molecule has 188 valence electrons. The van der Waals surface area contributed by atoms with Gasteiger partial charge in [0.25, 0.3) is 0 Å². The number of nitrogen functional groups attached to an aromatic ring is 1. The lowest BCUT2D eigenvalue weighted by Crippen LogP contribution is -2.34. The van der Waals surface area contributed by atoms with E-state index in [-0.39, 0.29) is 24.7 Å². The van der Waals surface area contributed by atoms with Crippen molar-refractivity contribution in [3.63, 3.8) is 0 Å². The number of aliphatic hydroxyl groups excluding tert-OH is 1. The summed E-state index contributed by atoms with van der Waals surface area (Å²) in [4.78, 5) is 28.3. The van der Waals surface area contributed by atoms with Gasteiger partial charge in [0.1, 0.15) is 11.7 Å². The molecule has 3 rings (SSSR count). The maximum atomic E-state index is 12.8. The molecule has 1 unspecified atom stereocenters. The Morgan fingerprint density at radius 3 is 2.36 bits per heavy atom.